The van der Waals surface area contributed by atoms with Crippen molar-refractivity contribution >= 4 is 16.8 Å². The summed E-state index contributed by atoms with van der Waals surface area (Å²) in [5, 5.41) is 4.61. The minimum absolute atomic E-state index is 0.0650. The van der Waals surface area contributed by atoms with Gasteiger partial charge in [-0.3, -0.25) is 14.3 Å². The molecule has 4 nitrogen and oxygen atoms in total. The molecule has 0 radical (unpaired) electrons. The quantitative estimate of drug-likeness (QED) is 0.862. The van der Waals surface area contributed by atoms with Crippen LogP contribution in [0.3, 0.4) is 0 Å². The van der Waals surface area contributed by atoms with Crippen LogP contribution >= 0.6 is 0 Å². The van der Waals surface area contributed by atoms with Crippen LogP contribution in [0.1, 0.15) is 36.2 Å². The lowest BCUT2D eigenvalue weighted by Gasteiger charge is -2.35. The van der Waals surface area contributed by atoms with E-state index in [-0.39, 0.29) is 5.91 Å². The molecule has 1 aromatic carbocycles. The lowest BCUT2D eigenvalue weighted by Crippen LogP contribution is -2.45. The molecule has 0 amide bonds. The molecule has 1 N–H and O–H groups in total. The highest BCUT2D eigenvalue weighted by atomic mass is 16.1. The first kappa shape index (κ1) is 16.0. The SMILES string of the molecule is C=CCC[C@@H](c1cn(C(C)=O)c2ccccc12)N1CCNCC1. The Morgan fingerprint density at radius 1 is 1.35 bits per heavy atom. The van der Waals surface area contributed by atoms with E-state index in [4.69, 9.17) is 0 Å². The fraction of sp³-hybridized carbons (Fsp3) is 0.421. The number of benzene rings is 1. The third-order valence-corrected chi connectivity index (χ3v) is 4.68. The average Bonchev–Trinajstić information content (AvgIpc) is 2.96. The number of piperazine rings is 1. The Hall–Kier alpha value is -1.91. The molecule has 1 saturated heterocycles. The number of hydrogen-bond acceptors (Lipinski definition) is 3. The Morgan fingerprint density at radius 3 is 2.78 bits per heavy atom. The third kappa shape index (κ3) is 3.23. The fourth-order valence-electron chi connectivity index (χ4n) is 3.54. The van der Waals surface area contributed by atoms with Gasteiger partial charge in [0.25, 0.3) is 0 Å². The van der Waals surface area contributed by atoms with Gasteiger partial charge in [0.05, 0.1) is 5.52 Å². The van der Waals surface area contributed by atoms with Crippen molar-refractivity contribution in [2.75, 3.05) is 26.2 Å². The van der Waals surface area contributed by atoms with Crippen LogP contribution in [0.4, 0.5) is 0 Å². The molecule has 1 fully saturated rings. The highest BCUT2D eigenvalue weighted by Crippen LogP contribution is 2.33. The largest absolute Gasteiger partial charge is 0.314 e. The maximum atomic E-state index is 12.0. The van der Waals surface area contributed by atoms with Gasteiger partial charge >= 0.3 is 0 Å². The maximum Gasteiger partial charge on any atom is 0.227 e. The van der Waals surface area contributed by atoms with Gasteiger partial charge in [-0.15, -0.1) is 6.58 Å². The van der Waals surface area contributed by atoms with E-state index < -0.39 is 0 Å². The smallest absolute Gasteiger partial charge is 0.227 e. The van der Waals surface area contributed by atoms with Crippen molar-refractivity contribution in [3.05, 3.63) is 48.7 Å². The predicted molar refractivity (Wildman–Crippen MR) is 94.9 cm³/mol. The molecule has 2 aromatic rings. The summed E-state index contributed by atoms with van der Waals surface area (Å²) in [7, 11) is 0. The van der Waals surface area contributed by atoms with Crippen LogP contribution in [0.2, 0.25) is 0 Å². The number of rotatable bonds is 5. The van der Waals surface area contributed by atoms with Gasteiger partial charge in [0.1, 0.15) is 0 Å². The average molecular weight is 311 g/mol. The molecule has 0 spiro atoms. The molecule has 2 heterocycles. The molecule has 1 aromatic heterocycles. The van der Waals surface area contributed by atoms with E-state index in [0.717, 1.165) is 44.5 Å². The summed E-state index contributed by atoms with van der Waals surface area (Å²) in [6, 6.07) is 8.55. The van der Waals surface area contributed by atoms with Crippen molar-refractivity contribution in [2.24, 2.45) is 0 Å². The number of nitrogens with zero attached hydrogens (tertiary/aromatic N) is 2. The Kier molecular flexibility index (Phi) is 4.94. The Labute approximate surface area is 137 Å². The van der Waals surface area contributed by atoms with Crippen LogP contribution in [0.15, 0.2) is 43.1 Å². The first-order valence-electron chi connectivity index (χ1n) is 8.39. The second kappa shape index (κ2) is 7.11. The minimum Gasteiger partial charge on any atom is -0.314 e. The van der Waals surface area contributed by atoms with Gasteiger partial charge in [-0.25, -0.2) is 0 Å². The van der Waals surface area contributed by atoms with Crippen molar-refractivity contribution in [1.82, 2.24) is 14.8 Å². The summed E-state index contributed by atoms with van der Waals surface area (Å²) in [5.74, 6) is 0.0650. The van der Waals surface area contributed by atoms with Crippen molar-refractivity contribution in [3.8, 4) is 0 Å². The van der Waals surface area contributed by atoms with E-state index in [9.17, 15) is 4.79 Å². The third-order valence-electron chi connectivity index (χ3n) is 4.68. The Balaban J connectivity index is 2.05. The molecule has 23 heavy (non-hydrogen) atoms. The molecule has 122 valence electrons. The minimum atomic E-state index is 0.0650. The zero-order valence-electron chi connectivity index (χ0n) is 13.8. The van der Waals surface area contributed by atoms with Crippen LogP contribution < -0.4 is 5.32 Å². The highest BCUT2D eigenvalue weighted by Gasteiger charge is 2.25. The number of nitrogens with one attached hydrogen (secondary N) is 1. The summed E-state index contributed by atoms with van der Waals surface area (Å²) < 4.78 is 1.79. The fourth-order valence-corrected chi connectivity index (χ4v) is 3.54. The molecule has 1 aliphatic rings. The van der Waals surface area contributed by atoms with Crippen LogP contribution in [0, 0.1) is 0 Å². The summed E-state index contributed by atoms with van der Waals surface area (Å²) in [6.45, 7) is 9.64. The van der Waals surface area contributed by atoms with Gasteiger partial charge in [0.2, 0.25) is 5.91 Å². The molecular weight excluding hydrogens is 286 g/mol. The van der Waals surface area contributed by atoms with Crippen LogP contribution in [-0.2, 0) is 0 Å². The van der Waals surface area contributed by atoms with E-state index in [1.165, 1.54) is 10.9 Å². The number of para-hydroxylation sites is 1. The lowest BCUT2D eigenvalue weighted by atomic mass is 9.99. The Bertz CT molecular complexity index is 698. The van der Waals surface area contributed by atoms with Crippen molar-refractivity contribution in [1.29, 1.82) is 0 Å². The molecule has 1 aliphatic heterocycles. The summed E-state index contributed by atoms with van der Waals surface area (Å²) >= 11 is 0. The van der Waals surface area contributed by atoms with E-state index in [1.54, 1.807) is 11.5 Å². The monoisotopic (exact) mass is 311 g/mol. The van der Waals surface area contributed by atoms with Crippen molar-refractivity contribution < 1.29 is 4.79 Å². The highest BCUT2D eigenvalue weighted by molar-refractivity contribution is 5.93. The van der Waals surface area contributed by atoms with Gasteiger partial charge in [0.15, 0.2) is 0 Å². The zero-order chi connectivity index (χ0) is 16.2. The second-order valence-electron chi connectivity index (χ2n) is 6.16. The van der Waals surface area contributed by atoms with E-state index >= 15 is 0 Å². The number of hydrogen-bond donors (Lipinski definition) is 1. The van der Waals surface area contributed by atoms with E-state index in [2.05, 4.69) is 28.9 Å². The number of aromatic nitrogens is 1. The molecule has 0 bridgehead atoms. The summed E-state index contributed by atoms with van der Waals surface area (Å²) in [4.78, 5) is 14.5. The molecule has 1 atom stereocenters. The van der Waals surface area contributed by atoms with Gasteiger partial charge in [0, 0.05) is 50.7 Å². The van der Waals surface area contributed by atoms with E-state index in [0.29, 0.717) is 6.04 Å². The number of allylic oxidation sites excluding steroid dienone is 1. The number of fused-ring (bicyclic) bond motifs is 1. The van der Waals surface area contributed by atoms with E-state index in [1.807, 2.05) is 24.4 Å². The van der Waals surface area contributed by atoms with Gasteiger partial charge in [-0.05, 0) is 24.5 Å². The molecule has 0 unspecified atom stereocenters. The zero-order valence-corrected chi connectivity index (χ0v) is 13.8. The second-order valence-corrected chi connectivity index (χ2v) is 6.16. The van der Waals surface area contributed by atoms with Crippen LogP contribution in [0.25, 0.3) is 10.9 Å². The van der Waals surface area contributed by atoms with Crippen molar-refractivity contribution in [3.63, 3.8) is 0 Å². The molecular formula is C19H25N3O. The van der Waals surface area contributed by atoms with Crippen LogP contribution in [0.5, 0.6) is 0 Å². The number of carbonyl (C=O) groups is 1. The molecule has 4 heteroatoms. The predicted octanol–water partition coefficient (Wildman–Crippen LogP) is 3.21. The summed E-state index contributed by atoms with van der Waals surface area (Å²) in [6.07, 6.45) is 6.05. The number of carbonyl (C=O) groups excluding carboxylic acids is 1. The molecule has 3 rings (SSSR count). The standard InChI is InChI=1S/C19H25N3O/c1-3-4-8-18(21-12-10-20-11-13-21)17-14-22(15(2)23)19-9-6-5-7-16(17)19/h3,5-7,9,14,18,20H,1,4,8,10-13H2,2H3/t18-/m0/s1. The first-order valence-corrected chi connectivity index (χ1v) is 8.39. The lowest BCUT2D eigenvalue weighted by molar-refractivity contribution is 0.0941. The van der Waals surface area contributed by atoms with Crippen LogP contribution in [-0.4, -0.2) is 41.6 Å². The maximum absolute atomic E-state index is 12.0. The Morgan fingerprint density at radius 2 is 2.09 bits per heavy atom. The normalized spacial score (nSPS) is 17.3. The van der Waals surface area contributed by atoms with Gasteiger partial charge in [-0.2, -0.15) is 0 Å². The topological polar surface area (TPSA) is 37.3 Å². The van der Waals surface area contributed by atoms with Gasteiger partial charge in [-0.1, -0.05) is 24.3 Å². The van der Waals surface area contributed by atoms with Gasteiger partial charge < -0.3 is 5.32 Å². The van der Waals surface area contributed by atoms with Crippen molar-refractivity contribution in [2.45, 2.75) is 25.8 Å². The first-order chi connectivity index (χ1) is 11.2. The molecule has 0 aliphatic carbocycles. The summed E-state index contributed by atoms with van der Waals surface area (Å²) in [5.41, 5.74) is 2.27. The molecule has 0 saturated carbocycles.